The van der Waals surface area contributed by atoms with Crippen molar-refractivity contribution < 1.29 is 9.53 Å². The van der Waals surface area contributed by atoms with E-state index in [2.05, 4.69) is 4.74 Å². The van der Waals surface area contributed by atoms with Gasteiger partial charge in [-0.05, 0) is 7.05 Å². The van der Waals surface area contributed by atoms with E-state index in [4.69, 9.17) is 11.6 Å². The molecule has 0 saturated carbocycles. The monoisotopic (exact) mass is 205 g/mol. The van der Waals surface area contributed by atoms with Crippen LogP contribution in [0.2, 0.25) is 0 Å². The van der Waals surface area contributed by atoms with E-state index in [1.807, 2.05) is 24.9 Å². The Morgan fingerprint density at radius 2 is 2.31 bits per heavy atom. The Hall–Kier alpha value is -0.540. The summed E-state index contributed by atoms with van der Waals surface area (Å²) in [5.74, 6) is -0.277. The number of hydrogen-bond acceptors (Lipinski definition) is 3. The molecule has 0 bridgehead atoms. The second kappa shape index (κ2) is 6.92. The summed E-state index contributed by atoms with van der Waals surface area (Å²) in [5.41, 5.74) is 1.47. The second-order valence-corrected chi connectivity index (χ2v) is 3.26. The molecular formula is C9H16ClNO2. The summed E-state index contributed by atoms with van der Waals surface area (Å²) < 4.78 is 4.61. The van der Waals surface area contributed by atoms with E-state index in [9.17, 15) is 4.79 Å². The van der Waals surface area contributed by atoms with Crippen LogP contribution in [0.5, 0.6) is 0 Å². The van der Waals surface area contributed by atoms with Crippen LogP contribution in [-0.2, 0) is 9.53 Å². The fourth-order valence-electron chi connectivity index (χ4n) is 1.04. The van der Waals surface area contributed by atoms with E-state index in [1.165, 1.54) is 12.6 Å². The minimum absolute atomic E-state index is 0.0984. The van der Waals surface area contributed by atoms with Crippen LogP contribution in [0, 0.1) is 5.92 Å². The van der Waals surface area contributed by atoms with Crippen molar-refractivity contribution in [3.05, 3.63) is 11.6 Å². The first-order valence-electron chi connectivity index (χ1n) is 4.13. The van der Waals surface area contributed by atoms with Gasteiger partial charge in [0.25, 0.3) is 0 Å². The number of likely N-dealkylation sites (N-methyl/N-ethyl adjacent to an activating group) is 1. The lowest BCUT2D eigenvalue weighted by atomic mass is 10.2. The third-order valence-corrected chi connectivity index (χ3v) is 1.87. The van der Waals surface area contributed by atoms with Crippen molar-refractivity contribution in [1.82, 2.24) is 4.90 Å². The normalized spacial score (nSPS) is 13.6. The van der Waals surface area contributed by atoms with Gasteiger partial charge < -0.3 is 9.64 Å². The zero-order valence-electron chi connectivity index (χ0n) is 8.29. The van der Waals surface area contributed by atoms with Gasteiger partial charge in [-0.3, -0.25) is 4.79 Å². The van der Waals surface area contributed by atoms with Crippen LogP contribution in [0.1, 0.15) is 6.92 Å². The van der Waals surface area contributed by atoms with Crippen LogP contribution in [0.15, 0.2) is 11.6 Å². The van der Waals surface area contributed by atoms with E-state index >= 15 is 0 Å². The van der Waals surface area contributed by atoms with E-state index in [-0.39, 0.29) is 11.9 Å². The van der Waals surface area contributed by atoms with E-state index in [0.29, 0.717) is 6.54 Å². The smallest absolute Gasteiger partial charge is 0.309 e. The Bertz CT molecular complexity index is 182. The zero-order valence-corrected chi connectivity index (χ0v) is 9.04. The lowest BCUT2D eigenvalue weighted by Gasteiger charge is -2.17. The number of hydrogen-bond donors (Lipinski definition) is 0. The van der Waals surface area contributed by atoms with Crippen molar-refractivity contribution in [3.8, 4) is 0 Å². The quantitative estimate of drug-likeness (QED) is 0.637. The summed E-state index contributed by atoms with van der Waals surface area (Å²) >= 11 is 5.37. The molecule has 0 amide bonds. The molecule has 0 aromatic carbocycles. The first kappa shape index (κ1) is 12.5. The molecule has 0 fully saturated rings. The van der Waals surface area contributed by atoms with Crippen molar-refractivity contribution >= 4 is 17.6 Å². The van der Waals surface area contributed by atoms with Crippen LogP contribution < -0.4 is 0 Å². The van der Waals surface area contributed by atoms with Gasteiger partial charge in [-0.2, -0.15) is 0 Å². The summed E-state index contributed by atoms with van der Waals surface area (Å²) in [5, 5.41) is 0. The van der Waals surface area contributed by atoms with Crippen LogP contribution in [-0.4, -0.2) is 38.1 Å². The van der Waals surface area contributed by atoms with E-state index in [0.717, 1.165) is 6.54 Å². The third kappa shape index (κ3) is 5.66. The van der Waals surface area contributed by atoms with Crippen molar-refractivity contribution in [2.24, 2.45) is 5.92 Å². The minimum atomic E-state index is -0.179. The highest BCUT2D eigenvalue weighted by molar-refractivity contribution is 6.25. The summed E-state index contributed by atoms with van der Waals surface area (Å²) in [6, 6.07) is 0. The van der Waals surface area contributed by atoms with Gasteiger partial charge in [-0.1, -0.05) is 24.6 Å². The number of carbonyl (C=O) groups is 1. The Balaban J connectivity index is 3.76. The van der Waals surface area contributed by atoms with E-state index < -0.39 is 0 Å². The third-order valence-electron chi connectivity index (χ3n) is 1.70. The molecular weight excluding hydrogens is 190 g/mol. The molecule has 0 N–H and O–H groups in total. The van der Waals surface area contributed by atoms with Gasteiger partial charge in [-0.15, -0.1) is 0 Å². The number of ether oxygens (including phenoxy) is 1. The summed E-state index contributed by atoms with van der Waals surface area (Å²) in [6.45, 7) is 3.26. The Morgan fingerprint density at radius 1 is 1.69 bits per heavy atom. The molecule has 1 atom stereocenters. The van der Waals surface area contributed by atoms with Crippen molar-refractivity contribution in [2.45, 2.75) is 6.92 Å². The Kier molecular flexibility index (Phi) is 6.63. The predicted octanol–water partition coefficient (Wildman–Crippen LogP) is 1.48. The topological polar surface area (TPSA) is 29.5 Å². The minimum Gasteiger partial charge on any atom is -0.469 e. The van der Waals surface area contributed by atoms with Gasteiger partial charge in [0.05, 0.1) is 13.0 Å². The molecule has 3 nitrogen and oxygen atoms in total. The molecule has 0 aromatic rings. The molecule has 0 saturated heterocycles. The summed E-state index contributed by atoms with van der Waals surface area (Å²) in [6.07, 6.45) is 1.82. The molecule has 0 aliphatic rings. The first-order chi connectivity index (χ1) is 6.11. The number of esters is 1. The standard InChI is InChI=1S/C9H16ClNO2/c1-8(9(12)13-3)7-11(2)6-4-5-10/h4-5,8H,6-7H2,1-3H3. The van der Waals surface area contributed by atoms with Crippen molar-refractivity contribution in [3.63, 3.8) is 0 Å². The first-order valence-corrected chi connectivity index (χ1v) is 4.57. The van der Waals surface area contributed by atoms with Gasteiger partial charge >= 0.3 is 5.97 Å². The number of methoxy groups -OCH3 is 1. The molecule has 0 aromatic heterocycles. The molecule has 0 aliphatic heterocycles. The lowest BCUT2D eigenvalue weighted by Crippen LogP contribution is -2.29. The maximum Gasteiger partial charge on any atom is 0.309 e. The van der Waals surface area contributed by atoms with E-state index in [1.54, 1.807) is 0 Å². The maximum absolute atomic E-state index is 11.0. The highest BCUT2D eigenvalue weighted by atomic mass is 35.5. The van der Waals surface area contributed by atoms with Gasteiger partial charge in [0.1, 0.15) is 0 Å². The number of rotatable bonds is 5. The molecule has 4 heteroatoms. The Morgan fingerprint density at radius 3 is 2.77 bits per heavy atom. The molecule has 0 aliphatic carbocycles. The number of nitrogens with zero attached hydrogens (tertiary/aromatic N) is 1. The summed E-state index contributed by atoms with van der Waals surface area (Å²) in [4.78, 5) is 13.0. The number of carbonyl (C=O) groups excluding carboxylic acids is 1. The summed E-state index contributed by atoms with van der Waals surface area (Å²) in [7, 11) is 3.33. The second-order valence-electron chi connectivity index (χ2n) is 3.01. The van der Waals surface area contributed by atoms with Gasteiger partial charge in [0, 0.05) is 18.6 Å². The van der Waals surface area contributed by atoms with Gasteiger partial charge in [0.15, 0.2) is 0 Å². The number of halogens is 1. The van der Waals surface area contributed by atoms with Gasteiger partial charge in [-0.25, -0.2) is 0 Å². The van der Waals surface area contributed by atoms with Crippen LogP contribution in [0.3, 0.4) is 0 Å². The molecule has 0 radical (unpaired) electrons. The highest BCUT2D eigenvalue weighted by Crippen LogP contribution is 2.00. The lowest BCUT2D eigenvalue weighted by molar-refractivity contribution is -0.145. The maximum atomic E-state index is 11.0. The zero-order chi connectivity index (χ0) is 10.3. The van der Waals surface area contributed by atoms with Gasteiger partial charge in [0.2, 0.25) is 0 Å². The highest BCUT2D eigenvalue weighted by Gasteiger charge is 2.14. The fourth-order valence-corrected chi connectivity index (χ4v) is 1.12. The largest absolute Gasteiger partial charge is 0.469 e. The van der Waals surface area contributed by atoms with Crippen molar-refractivity contribution in [1.29, 1.82) is 0 Å². The average molecular weight is 206 g/mol. The SMILES string of the molecule is COC(=O)C(C)CN(C)CC=CCl. The van der Waals surface area contributed by atoms with Crippen LogP contribution in [0.25, 0.3) is 0 Å². The molecule has 0 rings (SSSR count). The molecule has 13 heavy (non-hydrogen) atoms. The molecule has 0 heterocycles. The average Bonchev–Trinajstić information content (AvgIpc) is 2.13. The molecule has 1 unspecified atom stereocenters. The van der Waals surface area contributed by atoms with Crippen molar-refractivity contribution in [2.75, 3.05) is 27.2 Å². The molecule has 76 valence electrons. The van der Waals surface area contributed by atoms with Crippen LogP contribution >= 0.6 is 11.6 Å². The predicted molar refractivity (Wildman–Crippen MR) is 53.7 cm³/mol. The fraction of sp³-hybridized carbons (Fsp3) is 0.667. The molecule has 0 spiro atoms. The Labute approximate surface area is 84.3 Å². The van der Waals surface area contributed by atoms with Crippen LogP contribution in [0.4, 0.5) is 0 Å².